The minimum Gasteiger partial charge on any atom is -0.493 e. The van der Waals surface area contributed by atoms with Crippen molar-refractivity contribution in [3.05, 3.63) is 23.8 Å². The number of likely N-dealkylation sites (N-methyl/N-ethyl adjacent to an activating group) is 1. The molecule has 2 aliphatic rings. The van der Waals surface area contributed by atoms with E-state index < -0.39 is 0 Å². The fourth-order valence-electron chi connectivity index (χ4n) is 3.07. The van der Waals surface area contributed by atoms with Gasteiger partial charge in [-0.2, -0.15) is 0 Å². The zero-order valence-corrected chi connectivity index (χ0v) is 15.8. The lowest BCUT2D eigenvalue weighted by molar-refractivity contribution is -0.116. The Bertz CT molecular complexity index is 535. The molecule has 1 N–H and O–H groups in total. The van der Waals surface area contributed by atoms with Crippen LogP contribution < -0.4 is 10.1 Å². The van der Waals surface area contributed by atoms with E-state index in [1.165, 1.54) is 0 Å². The molecule has 5 nitrogen and oxygen atoms in total. The Morgan fingerprint density at radius 3 is 2.62 bits per heavy atom. The summed E-state index contributed by atoms with van der Waals surface area (Å²) in [6.07, 6.45) is 2.37. The van der Waals surface area contributed by atoms with Crippen LogP contribution in [0.1, 0.15) is 18.4 Å². The lowest BCUT2D eigenvalue weighted by Crippen LogP contribution is -2.44. The Morgan fingerprint density at radius 2 is 1.88 bits per heavy atom. The van der Waals surface area contributed by atoms with Gasteiger partial charge in [0.05, 0.1) is 6.61 Å². The normalized spacial score (nSPS) is 18.0. The van der Waals surface area contributed by atoms with Gasteiger partial charge in [-0.15, -0.1) is 24.8 Å². The maximum Gasteiger partial charge on any atom is 0.224 e. The molecule has 0 aliphatic carbocycles. The molecule has 7 heteroatoms. The van der Waals surface area contributed by atoms with Crippen molar-refractivity contribution in [3.63, 3.8) is 0 Å². The van der Waals surface area contributed by atoms with Crippen molar-refractivity contribution in [2.45, 2.75) is 19.3 Å². The first-order valence-corrected chi connectivity index (χ1v) is 8.18. The predicted molar refractivity (Wildman–Crippen MR) is 102 cm³/mol. The van der Waals surface area contributed by atoms with Gasteiger partial charge >= 0.3 is 0 Å². The smallest absolute Gasteiger partial charge is 0.224 e. The molecule has 2 aliphatic heterocycles. The number of rotatable bonds is 5. The van der Waals surface area contributed by atoms with E-state index in [9.17, 15) is 4.79 Å². The molecule has 136 valence electrons. The third-order valence-electron chi connectivity index (χ3n) is 4.48. The summed E-state index contributed by atoms with van der Waals surface area (Å²) in [6, 6.07) is 5.90. The minimum absolute atomic E-state index is 0. The number of nitrogens with one attached hydrogen (secondary N) is 1. The fourth-order valence-corrected chi connectivity index (χ4v) is 3.07. The third kappa shape index (κ3) is 5.52. The summed E-state index contributed by atoms with van der Waals surface area (Å²) in [5, 5.41) is 2.91. The van der Waals surface area contributed by atoms with Crippen molar-refractivity contribution in [1.29, 1.82) is 0 Å². The Balaban J connectivity index is 0.00000144. The summed E-state index contributed by atoms with van der Waals surface area (Å²) in [4.78, 5) is 16.3. The average Bonchev–Trinajstić information content (AvgIpc) is 2.53. The molecule has 2 heterocycles. The Labute approximate surface area is 156 Å². The van der Waals surface area contributed by atoms with E-state index in [1.807, 2.05) is 18.2 Å². The number of carbonyl (C=O) groups excluding carboxylic acids is 1. The van der Waals surface area contributed by atoms with Crippen molar-refractivity contribution in [1.82, 2.24) is 9.80 Å². The van der Waals surface area contributed by atoms with E-state index in [1.54, 1.807) is 0 Å². The SMILES string of the molecule is CN1CCN(CCCOc2cccc3c2CCC(=O)N3)CC1.Cl.Cl. The van der Waals surface area contributed by atoms with Gasteiger partial charge in [0.15, 0.2) is 0 Å². The zero-order valence-electron chi connectivity index (χ0n) is 14.1. The summed E-state index contributed by atoms with van der Waals surface area (Å²) < 4.78 is 5.96. The molecule has 1 aromatic carbocycles. The van der Waals surface area contributed by atoms with Crippen molar-refractivity contribution in [2.75, 3.05) is 51.7 Å². The summed E-state index contributed by atoms with van der Waals surface area (Å²) in [5.74, 6) is 1.02. The second kappa shape index (κ2) is 10.1. The van der Waals surface area contributed by atoms with E-state index in [0.29, 0.717) is 6.42 Å². The van der Waals surface area contributed by atoms with Crippen LogP contribution >= 0.6 is 24.8 Å². The lowest BCUT2D eigenvalue weighted by Gasteiger charge is -2.32. The number of benzene rings is 1. The van der Waals surface area contributed by atoms with Gasteiger partial charge < -0.3 is 19.9 Å². The van der Waals surface area contributed by atoms with Crippen LogP contribution in [0, 0.1) is 0 Å². The molecular weight excluding hydrogens is 349 g/mol. The number of amides is 1. The Morgan fingerprint density at radius 1 is 1.12 bits per heavy atom. The molecule has 0 spiro atoms. The summed E-state index contributed by atoms with van der Waals surface area (Å²) in [5.41, 5.74) is 2.05. The van der Waals surface area contributed by atoms with Gasteiger partial charge in [-0.05, 0) is 32.0 Å². The highest BCUT2D eigenvalue weighted by atomic mass is 35.5. The van der Waals surface area contributed by atoms with Crippen LogP contribution in [0.4, 0.5) is 5.69 Å². The van der Waals surface area contributed by atoms with Gasteiger partial charge in [0.1, 0.15) is 5.75 Å². The van der Waals surface area contributed by atoms with Crippen LogP contribution in [0.2, 0.25) is 0 Å². The van der Waals surface area contributed by atoms with E-state index in [2.05, 4.69) is 22.2 Å². The molecule has 0 aromatic heterocycles. The molecule has 0 radical (unpaired) electrons. The van der Waals surface area contributed by atoms with Gasteiger partial charge in [-0.25, -0.2) is 0 Å². The molecule has 1 fully saturated rings. The highest BCUT2D eigenvalue weighted by Crippen LogP contribution is 2.31. The largest absolute Gasteiger partial charge is 0.493 e. The van der Waals surface area contributed by atoms with Crippen LogP contribution in [0.15, 0.2) is 18.2 Å². The lowest BCUT2D eigenvalue weighted by atomic mass is 10.0. The van der Waals surface area contributed by atoms with Gasteiger partial charge in [-0.1, -0.05) is 6.07 Å². The summed E-state index contributed by atoms with van der Waals surface area (Å²) >= 11 is 0. The zero-order chi connectivity index (χ0) is 15.4. The fraction of sp³-hybridized carbons (Fsp3) is 0.588. The molecule has 3 rings (SSSR count). The maximum absolute atomic E-state index is 11.4. The number of ether oxygens (including phenoxy) is 1. The maximum atomic E-state index is 11.4. The number of anilines is 1. The van der Waals surface area contributed by atoms with Crippen molar-refractivity contribution in [2.24, 2.45) is 0 Å². The number of fused-ring (bicyclic) bond motifs is 1. The van der Waals surface area contributed by atoms with Gasteiger partial charge in [-0.3, -0.25) is 4.79 Å². The quantitative estimate of drug-likeness (QED) is 0.802. The van der Waals surface area contributed by atoms with Crippen LogP contribution in [-0.2, 0) is 11.2 Å². The molecule has 0 bridgehead atoms. The van der Waals surface area contributed by atoms with E-state index in [4.69, 9.17) is 4.74 Å². The number of hydrogen-bond acceptors (Lipinski definition) is 4. The topological polar surface area (TPSA) is 44.8 Å². The van der Waals surface area contributed by atoms with Crippen molar-refractivity contribution >= 4 is 36.4 Å². The van der Waals surface area contributed by atoms with E-state index in [0.717, 1.165) is 69.2 Å². The molecule has 1 amide bonds. The van der Waals surface area contributed by atoms with Gasteiger partial charge in [0, 0.05) is 50.4 Å². The second-order valence-electron chi connectivity index (χ2n) is 6.18. The molecule has 24 heavy (non-hydrogen) atoms. The van der Waals surface area contributed by atoms with Crippen molar-refractivity contribution in [3.8, 4) is 5.75 Å². The summed E-state index contributed by atoms with van der Waals surface area (Å²) in [7, 11) is 2.18. The van der Waals surface area contributed by atoms with Gasteiger partial charge in [0.2, 0.25) is 5.91 Å². The molecular formula is C17H27Cl2N3O2. The number of carbonyl (C=O) groups is 1. The minimum atomic E-state index is 0. The molecule has 1 aromatic rings. The Kier molecular flexibility index (Phi) is 8.84. The van der Waals surface area contributed by atoms with Crippen molar-refractivity contribution < 1.29 is 9.53 Å². The van der Waals surface area contributed by atoms with Crippen LogP contribution in [0.25, 0.3) is 0 Å². The number of halogens is 2. The van der Waals surface area contributed by atoms with Crippen LogP contribution in [0.3, 0.4) is 0 Å². The average molecular weight is 376 g/mol. The predicted octanol–water partition coefficient (Wildman–Crippen LogP) is 2.43. The molecule has 1 saturated heterocycles. The van der Waals surface area contributed by atoms with Gasteiger partial charge in [0.25, 0.3) is 0 Å². The Hall–Kier alpha value is -1.01. The highest BCUT2D eigenvalue weighted by Gasteiger charge is 2.18. The van der Waals surface area contributed by atoms with E-state index >= 15 is 0 Å². The second-order valence-corrected chi connectivity index (χ2v) is 6.18. The number of hydrogen-bond donors (Lipinski definition) is 1. The first-order valence-electron chi connectivity index (χ1n) is 8.18. The summed E-state index contributed by atoms with van der Waals surface area (Å²) in [6.45, 7) is 6.46. The molecule has 0 atom stereocenters. The number of piperazine rings is 1. The van der Waals surface area contributed by atoms with Crippen LogP contribution in [-0.4, -0.2) is 62.1 Å². The molecule has 0 unspecified atom stereocenters. The highest BCUT2D eigenvalue weighted by molar-refractivity contribution is 5.94. The standard InChI is InChI=1S/C17H25N3O2.2ClH/c1-19-9-11-20(12-10-19)8-3-13-22-16-5-2-4-15-14(16)6-7-17(21)18-15;;/h2,4-5H,3,6-13H2,1H3,(H,18,21);2*1H. The van der Waals surface area contributed by atoms with Crippen LogP contribution in [0.5, 0.6) is 5.75 Å². The molecule has 0 saturated carbocycles. The number of nitrogens with zero attached hydrogens (tertiary/aromatic N) is 2. The first-order chi connectivity index (χ1) is 10.7. The monoisotopic (exact) mass is 375 g/mol. The first kappa shape index (κ1) is 21.0. The van der Waals surface area contributed by atoms with E-state index in [-0.39, 0.29) is 30.7 Å². The third-order valence-corrected chi connectivity index (χ3v) is 4.48.